The Balaban J connectivity index is 3.00. The Kier molecular flexibility index (Phi) is 3.01. The fourth-order valence-corrected chi connectivity index (χ4v) is 1.15. The van der Waals surface area contributed by atoms with E-state index in [4.69, 9.17) is 26.2 Å². The molecule has 0 bridgehead atoms. The lowest BCUT2D eigenvalue weighted by atomic mass is 10.0. The highest BCUT2D eigenvalue weighted by atomic mass is 16.4. The lowest BCUT2D eigenvalue weighted by Crippen LogP contribution is -2.14. The molecule has 0 heterocycles. The number of aromatic hydroxyl groups is 3. The van der Waals surface area contributed by atoms with Crippen molar-refractivity contribution in [2.24, 2.45) is 5.73 Å². The standard InChI is InChI=1S/C9H11NO5/c10-5(3-8(13)14)4-1-6(11)9(15)7(12)2-4/h1-2,5,11-12,15H,3,10H2,(H,13,14). The van der Waals surface area contributed by atoms with Crippen molar-refractivity contribution >= 4 is 5.97 Å². The average Bonchev–Trinajstić information content (AvgIpc) is 2.12. The van der Waals surface area contributed by atoms with E-state index in [1.165, 1.54) is 0 Å². The Morgan fingerprint density at radius 1 is 1.27 bits per heavy atom. The van der Waals surface area contributed by atoms with E-state index in [-0.39, 0.29) is 12.0 Å². The van der Waals surface area contributed by atoms with Gasteiger partial charge in [-0.2, -0.15) is 0 Å². The van der Waals surface area contributed by atoms with Gasteiger partial charge in [-0.15, -0.1) is 0 Å². The number of phenols is 3. The van der Waals surface area contributed by atoms with Crippen LogP contribution in [0.3, 0.4) is 0 Å². The molecule has 0 aliphatic carbocycles. The summed E-state index contributed by atoms with van der Waals surface area (Å²) in [7, 11) is 0. The number of benzene rings is 1. The molecule has 0 aliphatic rings. The molecule has 0 saturated carbocycles. The molecule has 0 aliphatic heterocycles. The molecule has 0 radical (unpaired) electrons. The molecule has 15 heavy (non-hydrogen) atoms. The summed E-state index contributed by atoms with van der Waals surface area (Å²) >= 11 is 0. The number of carboxylic acids is 1. The summed E-state index contributed by atoms with van der Waals surface area (Å²) in [6.07, 6.45) is -0.330. The SMILES string of the molecule is NC(CC(=O)O)c1cc(O)c(O)c(O)c1. The molecule has 0 fully saturated rings. The monoisotopic (exact) mass is 213 g/mol. The Labute approximate surface area is 85.2 Å². The van der Waals surface area contributed by atoms with E-state index >= 15 is 0 Å². The van der Waals surface area contributed by atoms with E-state index < -0.39 is 29.3 Å². The lowest BCUT2D eigenvalue weighted by molar-refractivity contribution is -0.137. The van der Waals surface area contributed by atoms with Crippen LogP contribution < -0.4 is 5.73 Å². The van der Waals surface area contributed by atoms with E-state index in [1.807, 2.05) is 0 Å². The molecule has 6 N–H and O–H groups in total. The van der Waals surface area contributed by atoms with Crippen LogP contribution in [0, 0.1) is 0 Å². The summed E-state index contributed by atoms with van der Waals surface area (Å²) < 4.78 is 0. The van der Waals surface area contributed by atoms with Gasteiger partial charge in [-0.1, -0.05) is 0 Å². The van der Waals surface area contributed by atoms with Crippen LogP contribution in [0.2, 0.25) is 0 Å². The second-order valence-electron chi connectivity index (χ2n) is 3.11. The third-order valence-electron chi connectivity index (χ3n) is 1.91. The van der Waals surface area contributed by atoms with Gasteiger partial charge >= 0.3 is 5.97 Å². The predicted molar refractivity (Wildman–Crippen MR) is 50.6 cm³/mol. The minimum atomic E-state index is -1.09. The van der Waals surface area contributed by atoms with Gasteiger partial charge in [-0.3, -0.25) is 4.79 Å². The first-order valence-electron chi connectivity index (χ1n) is 4.14. The molecule has 6 nitrogen and oxygen atoms in total. The number of carbonyl (C=O) groups is 1. The molecule has 1 unspecified atom stereocenters. The molecule has 1 rings (SSSR count). The maximum absolute atomic E-state index is 10.4. The van der Waals surface area contributed by atoms with Crippen molar-refractivity contribution in [1.29, 1.82) is 0 Å². The summed E-state index contributed by atoms with van der Waals surface area (Å²) in [5, 5.41) is 35.8. The number of hydrogen-bond acceptors (Lipinski definition) is 5. The number of nitrogens with two attached hydrogens (primary N) is 1. The van der Waals surface area contributed by atoms with Crippen molar-refractivity contribution in [3.63, 3.8) is 0 Å². The molecule has 1 atom stereocenters. The Hall–Kier alpha value is -1.95. The number of aliphatic carboxylic acids is 1. The minimum absolute atomic E-state index is 0.241. The van der Waals surface area contributed by atoms with Crippen LogP contribution in [0.5, 0.6) is 17.2 Å². The largest absolute Gasteiger partial charge is 0.504 e. The Bertz CT molecular complexity index is 367. The highest BCUT2D eigenvalue weighted by Gasteiger charge is 2.15. The zero-order valence-corrected chi connectivity index (χ0v) is 7.71. The molecule has 0 amide bonds. The maximum Gasteiger partial charge on any atom is 0.305 e. The van der Waals surface area contributed by atoms with E-state index in [2.05, 4.69) is 0 Å². The molecule has 6 heteroatoms. The van der Waals surface area contributed by atoms with Crippen molar-refractivity contribution in [1.82, 2.24) is 0 Å². The minimum Gasteiger partial charge on any atom is -0.504 e. The van der Waals surface area contributed by atoms with Crippen molar-refractivity contribution in [2.45, 2.75) is 12.5 Å². The summed E-state index contributed by atoms with van der Waals surface area (Å²) in [5.74, 6) is -2.81. The van der Waals surface area contributed by atoms with Gasteiger partial charge in [0, 0.05) is 6.04 Å². The Morgan fingerprint density at radius 2 is 1.73 bits per heavy atom. The quantitative estimate of drug-likeness (QED) is 0.459. The summed E-state index contributed by atoms with van der Waals surface area (Å²) in [6, 6.07) is 1.38. The molecule has 0 saturated heterocycles. The summed E-state index contributed by atoms with van der Waals surface area (Å²) in [4.78, 5) is 10.4. The fourth-order valence-electron chi connectivity index (χ4n) is 1.15. The lowest BCUT2D eigenvalue weighted by Gasteiger charge is -2.11. The van der Waals surface area contributed by atoms with Crippen LogP contribution >= 0.6 is 0 Å². The third-order valence-corrected chi connectivity index (χ3v) is 1.91. The van der Waals surface area contributed by atoms with E-state index in [9.17, 15) is 4.79 Å². The van der Waals surface area contributed by atoms with E-state index in [0.717, 1.165) is 12.1 Å². The summed E-state index contributed by atoms with van der Waals surface area (Å²) in [6.45, 7) is 0. The zero-order valence-electron chi connectivity index (χ0n) is 7.71. The first kappa shape index (κ1) is 11.1. The van der Waals surface area contributed by atoms with Gasteiger partial charge in [-0.05, 0) is 17.7 Å². The van der Waals surface area contributed by atoms with Crippen LogP contribution in [-0.2, 0) is 4.79 Å². The Morgan fingerprint density at radius 3 is 2.13 bits per heavy atom. The van der Waals surface area contributed by atoms with Gasteiger partial charge in [0.2, 0.25) is 0 Å². The van der Waals surface area contributed by atoms with Crippen LogP contribution in [0.15, 0.2) is 12.1 Å². The third kappa shape index (κ3) is 2.50. The first-order chi connectivity index (χ1) is 6.91. The highest BCUT2D eigenvalue weighted by Crippen LogP contribution is 2.37. The summed E-state index contributed by atoms with van der Waals surface area (Å²) in [5.41, 5.74) is 5.74. The van der Waals surface area contributed by atoms with Crippen molar-refractivity contribution < 1.29 is 25.2 Å². The maximum atomic E-state index is 10.4. The van der Waals surface area contributed by atoms with Crippen LogP contribution in [0.25, 0.3) is 0 Å². The topological polar surface area (TPSA) is 124 Å². The highest BCUT2D eigenvalue weighted by molar-refractivity contribution is 5.68. The second kappa shape index (κ2) is 4.05. The zero-order chi connectivity index (χ0) is 11.6. The van der Waals surface area contributed by atoms with Crippen molar-refractivity contribution in [3.8, 4) is 17.2 Å². The van der Waals surface area contributed by atoms with Crippen LogP contribution in [-0.4, -0.2) is 26.4 Å². The van der Waals surface area contributed by atoms with Gasteiger partial charge in [-0.25, -0.2) is 0 Å². The molecule has 0 aromatic heterocycles. The molecule has 0 spiro atoms. The first-order valence-corrected chi connectivity index (χ1v) is 4.14. The smallest absolute Gasteiger partial charge is 0.305 e. The van der Waals surface area contributed by atoms with Crippen molar-refractivity contribution in [3.05, 3.63) is 17.7 Å². The van der Waals surface area contributed by atoms with Gasteiger partial charge in [0.15, 0.2) is 17.2 Å². The number of hydrogen-bond donors (Lipinski definition) is 5. The average molecular weight is 213 g/mol. The predicted octanol–water partition coefficient (Wildman–Crippen LogP) is 0.278. The van der Waals surface area contributed by atoms with Crippen LogP contribution in [0.1, 0.15) is 18.0 Å². The molecular formula is C9H11NO5. The van der Waals surface area contributed by atoms with Gasteiger partial charge in [0.1, 0.15) is 0 Å². The number of rotatable bonds is 3. The van der Waals surface area contributed by atoms with Gasteiger partial charge in [0.25, 0.3) is 0 Å². The van der Waals surface area contributed by atoms with Gasteiger partial charge in [0.05, 0.1) is 6.42 Å². The second-order valence-corrected chi connectivity index (χ2v) is 3.11. The molecule has 1 aromatic rings. The van der Waals surface area contributed by atoms with Gasteiger partial charge < -0.3 is 26.2 Å². The number of phenolic OH excluding ortho intramolecular Hbond substituents is 3. The molecule has 1 aromatic carbocycles. The van der Waals surface area contributed by atoms with E-state index in [1.54, 1.807) is 0 Å². The molecular weight excluding hydrogens is 202 g/mol. The van der Waals surface area contributed by atoms with Crippen LogP contribution in [0.4, 0.5) is 0 Å². The normalized spacial score (nSPS) is 12.3. The fraction of sp³-hybridized carbons (Fsp3) is 0.222. The number of carboxylic acid groups (broad SMARTS) is 1. The molecule has 82 valence electrons. The van der Waals surface area contributed by atoms with Crippen molar-refractivity contribution in [2.75, 3.05) is 0 Å². The van der Waals surface area contributed by atoms with E-state index in [0.29, 0.717) is 0 Å².